The number of ether oxygens (including phenoxy) is 1. The molecule has 0 saturated carbocycles. The highest BCUT2D eigenvalue weighted by Gasteiger charge is 2.15. The second kappa shape index (κ2) is 5.91. The minimum atomic E-state index is -1.17. The van der Waals surface area contributed by atoms with Gasteiger partial charge in [0.05, 0.1) is 30.2 Å². The fourth-order valence-electron chi connectivity index (χ4n) is 1.66. The second-order valence-corrected chi connectivity index (χ2v) is 4.15. The molecule has 0 unspecified atom stereocenters. The van der Waals surface area contributed by atoms with Crippen molar-refractivity contribution in [3.05, 3.63) is 47.8 Å². The predicted molar refractivity (Wildman–Crippen MR) is 76.6 cm³/mol. The third-order valence-corrected chi connectivity index (χ3v) is 2.72. The van der Waals surface area contributed by atoms with Gasteiger partial charge in [0.15, 0.2) is 0 Å². The van der Waals surface area contributed by atoms with Gasteiger partial charge in [0, 0.05) is 0 Å². The summed E-state index contributed by atoms with van der Waals surface area (Å²) in [5.41, 5.74) is 6.15. The number of hydrogen-bond donors (Lipinski definition) is 3. The lowest BCUT2D eigenvalue weighted by atomic mass is 10.1. The lowest BCUT2D eigenvalue weighted by Crippen LogP contribution is -2.16. The first kappa shape index (κ1) is 14.3. The smallest absolute Gasteiger partial charge is 0.337 e. The van der Waals surface area contributed by atoms with Crippen LogP contribution in [0.15, 0.2) is 36.5 Å². The molecule has 21 heavy (non-hydrogen) atoms. The summed E-state index contributed by atoms with van der Waals surface area (Å²) in [7, 11) is 1.43. The number of carboxylic acids is 1. The molecule has 1 aromatic heterocycles. The lowest BCUT2D eigenvalue weighted by Gasteiger charge is -2.09. The van der Waals surface area contributed by atoms with Crippen molar-refractivity contribution in [3.63, 3.8) is 0 Å². The van der Waals surface area contributed by atoms with E-state index >= 15 is 0 Å². The number of amides is 1. The predicted octanol–water partition coefficient (Wildman–Crippen LogP) is 1.62. The second-order valence-electron chi connectivity index (χ2n) is 4.15. The summed E-state index contributed by atoms with van der Waals surface area (Å²) >= 11 is 0. The number of carboxylic acid groups (broad SMARTS) is 1. The summed E-state index contributed by atoms with van der Waals surface area (Å²) in [5.74, 6) is -1.31. The summed E-state index contributed by atoms with van der Waals surface area (Å²) in [6.45, 7) is 0. The van der Waals surface area contributed by atoms with Gasteiger partial charge >= 0.3 is 5.97 Å². The van der Waals surface area contributed by atoms with Gasteiger partial charge < -0.3 is 20.9 Å². The molecule has 0 aliphatic carbocycles. The summed E-state index contributed by atoms with van der Waals surface area (Å²) in [4.78, 5) is 27.1. The van der Waals surface area contributed by atoms with Crippen molar-refractivity contribution in [1.82, 2.24) is 4.98 Å². The molecular formula is C14H13N3O4. The number of benzene rings is 1. The molecule has 1 heterocycles. The van der Waals surface area contributed by atoms with E-state index in [0.29, 0.717) is 11.4 Å². The zero-order valence-corrected chi connectivity index (χ0v) is 11.2. The van der Waals surface area contributed by atoms with Crippen LogP contribution in [0.2, 0.25) is 0 Å². The first-order valence-corrected chi connectivity index (χ1v) is 5.95. The van der Waals surface area contributed by atoms with E-state index in [-0.39, 0.29) is 16.9 Å². The number of hydrogen-bond acceptors (Lipinski definition) is 5. The number of rotatable bonds is 4. The van der Waals surface area contributed by atoms with E-state index in [1.807, 2.05) is 0 Å². The Labute approximate surface area is 120 Å². The van der Waals surface area contributed by atoms with Crippen molar-refractivity contribution in [2.24, 2.45) is 0 Å². The number of nitrogens with one attached hydrogen (secondary N) is 1. The average molecular weight is 287 g/mol. The number of pyridine rings is 1. The number of nitrogen functional groups attached to an aromatic ring is 1. The normalized spacial score (nSPS) is 9.95. The topological polar surface area (TPSA) is 115 Å². The number of nitrogens with two attached hydrogens (primary N) is 1. The Morgan fingerprint density at radius 1 is 1.29 bits per heavy atom. The number of carbonyl (C=O) groups excluding carboxylic acids is 1. The standard InChI is InChI=1S/C14H13N3O4/c1-21-9-3-5-11(10(6-9)14(19)20)17-13(18)12-4-2-8(15)7-16-12/h2-7H,15H2,1H3,(H,17,18)(H,19,20). The largest absolute Gasteiger partial charge is 0.497 e. The summed E-state index contributed by atoms with van der Waals surface area (Å²) in [6.07, 6.45) is 1.35. The third kappa shape index (κ3) is 3.27. The van der Waals surface area contributed by atoms with Gasteiger partial charge in [0.1, 0.15) is 11.4 Å². The fourth-order valence-corrected chi connectivity index (χ4v) is 1.66. The van der Waals surface area contributed by atoms with Crippen LogP contribution in [0.1, 0.15) is 20.8 Å². The maximum Gasteiger partial charge on any atom is 0.337 e. The van der Waals surface area contributed by atoms with Crippen LogP contribution in [-0.2, 0) is 0 Å². The van der Waals surface area contributed by atoms with Gasteiger partial charge in [0.25, 0.3) is 5.91 Å². The van der Waals surface area contributed by atoms with Crippen LogP contribution in [0.4, 0.5) is 11.4 Å². The maximum atomic E-state index is 12.0. The SMILES string of the molecule is COc1ccc(NC(=O)c2ccc(N)cn2)c(C(=O)O)c1. The molecule has 0 aliphatic heterocycles. The minimum absolute atomic E-state index is 0.0712. The zero-order chi connectivity index (χ0) is 15.4. The summed E-state index contributed by atoms with van der Waals surface area (Å²) in [6, 6.07) is 7.33. The molecule has 0 aliphatic rings. The molecule has 7 nitrogen and oxygen atoms in total. The Kier molecular flexibility index (Phi) is 4.03. The van der Waals surface area contributed by atoms with Crippen LogP contribution < -0.4 is 15.8 Å². The van der Waals surface area contributed by atoms with Crippen molar-refractivity contribution in [2.75, 3.05) is 18.2 Å². The van der Waals surface area contributed by atoms with Crippen molar-refractivity contribution in [2.45, 2.75) is 0 Å². The molecule has 0 fully saturated rings. The number of aromatic carboxylic acids is 1. The molecule has 108 valence electrons. The average Bonchev–Trinajstić information content (AvgIpc) is 2.48. The van der Waals surface area contributed by atoms with Crippen molar-refractivity contribution in [3.8, 4) is 5.75 Å². The number of carbonyl (C=O) groups is 2. The lowest BCUT2D eigenvalue weighted by molar-refractivity contribution is 0.0697. The summed E-state index contributed by atoms with van der Waals surface area (Å²) < 4.78 is 4.96. The van der Waals surface area contributed by atoms with Crippen LogP contribution in [0.3, 0.4) is 0 Å². The van der Waals surface area contributed by atoms with E-state index in [9.17, 15) is 9.59 Å². The first-order valence-electron chi connectivity index (χ1n) is 5.95. The van der Waals surface area contributed by atoms with Crippen LogP contribution in [-0.4, -0.2) is 29.1 Å². The van der Waals surface area contributed by atoms with Gasteiger partial charge in [-0.05, 0) is 30.3 Å². The van der Waals surface area contributed by atoms with E-state index in [4.69, 9.17) is 15.6 Å². The Morgan fingerprint density at radius 3 is 2.62 bits per heavy atom. The van der Waals surface area contributed by atoms with Gasteiger partial charge in [-0.1, -0.05) is 0 Å². The van der Waals surface area contributed by atoms with Gasteiger partial charge in [-0.3, -0.25) is 4.79 Å². The van der Waals surface area contributed by atoms with Gasteiger partial charge in [-0.25, -0.2) is 9.78 Å². The molecule has 1 amide bonds. The van der Waals surface area contributed by atoms with E-state index in [2.05, 4.69) is 10.3 Å². The maximum absolute atomic E-state index is 12.0. The molecule has 1 aromatic carbocycles. The van der Waals surface area contributed by atoms with Crippen LogP contribution in [0.5, 0.6) is 5.75 Å². The van der Waals surface area contributed by atoms with Crippen LogP contribution >= 0.6 is 0 Å². The highest BCUT2D eigenvalue weighted by Crippen LogP contribution is 2.22. The van der Waals surface area contributed by atoms with Gasteiger partial charge in [-0.15, -0.1) is 0 Å². The fraction of sp³-hybridized carbons (Fsp3) is 0.0714. The number of aromatic nitrogens is 1. The Hall–Kier alpha value is -3.09. The van der Waals surface area contributed by atoms with Crippen molar-refractivity contribution in [1.29, 1.82) is 0 Å². The van der Waals surface area contributed by atoms with Gasteiger partial charge in [-0.2, -0.15) is 0 Å². The molecule has 0 atom stereocenters. The molecular weight excluding hydrogens is 274 g/mol. The molecule has 0 bridgehead atoms. The van der Waals surface area contributed by atoms with Gasteiger partial charge in [0.2, 0.25) is 0 Å². The van der Waals surface area contributed by atoms with Crippen molar-refractivity contribution < 1.29 is 19.4 Å². The first-order chi connectivity index (χ1) is 10.0. The van der Waals surface area contributed by atoms with E-state index in [1.54, 1.807) is 6.07 Å². The Bertz CT molecular complexity index is 683. The quantitative estimate of drug-likeness (QED) is 0.787. The van der Waals surface area contributed by atoms with E-state index in [0.717, 1.165) is 0 Å². The highest BCUT2D eigenvalue weighted by molar-refractivity contribution is 6.07. The molecule has 2 aromatic rings. The van der Waals surface area contributed by atoms with E-state index < -0.39 is 11.9 Å². The molecule has 7 heteroatoms. The number of anilines is 2. The zero-order valence-electron chi connectivity index (χ0n) is 11.2. The molecule has 2 rings (SSSR count). The van der Waals surface area contributed by atoms with E-state index in [1.165, 1.54) is 37.6 Å². The van der Waals surface area contributed by atoms with Crippen molar-refractivity contribution >= 4 is 23.3 Å². The Morgan fingerprint density at radius 2 is 2.05 bits per heavy atom. The minimum Gasteiger partial charge on any atom is -0.497 e. The van der Waals surface area contributed by atoms with Crippen LogP contribution in [0, 0.1) is 0 Å². The number of methoxy groups -OCH3 is 1. The summed E-state index contributed by atoms with van der Waals surface area (Å²) in [5, 5.41) is 11.7. The monoisotopic (exact) mass is 287 g/mol. The van der Waals surface area contributed by atoms with Crippen LogP contribution in [0.25, 0.3) is 0 Å². The number of nitrogens with zero attached hydrogens (tertiary/aromatic N) is 1. The molecule has 0 spiro atoms. The third-order valence-electron chi connectivity index (χ3n) is 2.72. The molecule has 0 radical (unpaired) electrons. The Balaban J connectivity index is 2.28. The molecule has 4 N–H and O–H groups in total. The molecule has 0 saturated heterocycles. The highest BCUT2D eigenvalue weighted by atomic mass is 16.5.